The number of rotatable bonds is 5. The molecule has 7 heteroatoms. The van der Waals surface area contributed by atoms with Crippen molar-refractivity contribution in [3.05, 3.63) is 64.7 Å². The van der Waals surface area contributed by atoms with Gasteiger partial charge >= 0.3 is 0 Å². The maximum atomic E-state index is 13.0. The van der Waals surface area contributed by atoms with Gasteiger partial charge in [0.2, 0.25) is 15.9 Å². The molecule has 31 heavy (non-hydrogen) atoms. The van der Waals surface area contributed by atoms with Crippen LogP contribution in [-0.4, -0.2) is 31.7 Å². The van der Waals surface area contributed by atoms with E-state index in [1.165, 1.54) is 22.0 Å². The molecule has 0 aliphatic carbocycles. The first-order valence-electron chi connectivity index (χ1n) is 10.6. The van der Waals surface area contributed by atoms with Crippen LogP contribution < -0.4 is 5.32 Å². The quantitative estimate of drug-likeness (QED) is 0.686. The first-order valence-corrected chi connectivity index (χ1v) is 12.5. The number of halogens is 1. The maximum Gasteiger partial charge on any atom is 0.243 e. The molecule has 1 saturated heterocycles. The van der Waals surface area contributed by atoms with Crippen molar-refractivity contribution >= 4 is 27.5 Å². The van der Waals surface area contributed by atoms with E-state index in [0.717, 1.165) is 5.56 Å². The van der Waals surface area contributed by atoms with Crippen LogP contribution in [0.25, 0.3) is 0 Å². The Balaban J connectivity index is 1.66. The van der Waals surface area contributed by atoms with Crippen molar-refractivity contribution in [3.63, 3.8) is 0 Å². The molecule has 1 aliphatic heterocycles. The molecular formula is C24H31ClN2O3S. The molecule has 0 unspecified atom stereocenters. The van der Waals surface area contributed by atoms with Crippen molar-refractivity contribution in [2.24, 2.45) is 5.92 Å². The molecule has 3 rings (SSSR count). The van der Waals surface area contributed by atoms with Crippen LogP contribution >= 0.6 is 11.6 Å². The fraction of sp³-hybridized carbons (Fsp3) is 0.458. The Kier molecular flexibility index (Phi) is 7.14. The smallest absolute Gasteiger partial charge is 0.243 e. The number of nitrogens with zero attached hydrogens (tertiary/aromatic N) is 1. The minimum atomic E-state index is -3.65. The van der Waals surface area contributed by atoms with Gasteiger partial charge in [-0.15, -0.1) is 0 Å². The van der Waals surface area contributed by atoms with Crippen LogP contribution in [-0.2, 0) is 20.2 Å². The van der Waals surface area contributed by atoms with Crippen molar-refractivity contribution in [2.45, 2.75) is 56.9 Å². The molecule has 1 N–H and O–H groups in total. The third kappa shape index (κ3) is 5.68. The molecule has 5 nitrogen and oxygen atoms in total. The van der Waals surface area contributed by atoms with Gasteiger partial charge in [0.1, 0.15) is 0 Å². The summed E-state index contributed by atoms with van der Waals surface area (Å²) in [7, 11) is -3.65. The standard InChI is InChI=1S/C24H31ClN2O3S/c1-17(18-7-9-20(10-8-18)24(2,3)4)26-23(28)19-6-5-15-27(16-19)31(29,30)22-13-11-21(25)12-14-22/h7-14,17,19H,5-6,15-16H2,1-4H3,(H,26,28)/t17-,19-/m0/s1. The molecule has 2 aromatic rings. The second kappa shape index (κ2) is 9.31. The maximum absolute atomic E-state index is 13.0. The average molecular weight is 463 g/mol. The molecule has 1 amide bonds. The molecule has 168 valence electrons. The zero-order valence-electron chi connectivity index (χ0n) is 18.6. The highest BCUT2D eigenvalue weighted by Gasteiger charge is 2.33. The summed E-state index contributed by atoms with van der Waals surface area (Å²) in [6, 6.07) is 14.3. The summed E-state index contributed by atoms with van der Waals surface area (Å²) in [5.74, 6) is -0.476. The number of benzene rings is 2. The first-order chi connectivity index (χ1) is 14.5. The first kappa shape index (κ1) is 23.8. The monoisotopic (exact) mass is 462 g/mol. The number of carbonyl (C=O) groups excluding carboxylic acids is 1. The number of sulfonamides is 1. The van der Waals surface area contributed by atoms with Gasteiger partial charge in [0.05, 0.1) is 16.9 Å². The number of carbonyl (C=O) groups is 1. The van der Waals surface area contributed by atoms with E-state index in [9.17, 15) is 13.2 Å². The molecule has 1 heterocycles. The highest BCUT2D eigenvalue weighted by atomic mass is 35.5. The number of nitrogens with one attached hydrogen (secondary N) is 1. The van der Waals surface area contributed by atoms with Gasteiger partial charge in [-0.2, -0.15) is 4.31 Å². The van der Waals surface area contributed by atoms with Gasteiger partial charge < -0.3 is 5.32 Å². The topological polar surface area (TPSA) is 66.5 Å². The number of amides is 1. The largest absolute Gasteiger partial charge is 0.349 e. The second-order valence-corrected chi connectivity index (χ2v) is 11.6. The Morgan fingerprint density at radius 3 is 2.29 bits per heavy atom. The molecule has 0 radical (unpaired) electrons. The number of hydrogen-bond acceptors (Lipinski definition) is 3. The number of piperidine rings is 1. The summed E-state index contributed by atoms with van der Waals surface area (Å²) in [5, 5.41) is 3.55. The lowest BCUT2D eigenvalue weighted by molar-refractivity contribution is -0.126. The third-order valence-corrected chi connectivity index (χ3v) is 7.97. The van der Waals surface area contributed by atoms with Crippen LogP contribution in [0.5, 0.6) is 0 Å². The Bertz CT molecular complexity index is 1010. The van der Waals surface area contributed by atoms with Crippen LogP contribution in [0.2, 0.25) is 5.02 Å². The molecule has 1 aliphatic rings. The fourth-order valence-corrected chi connectivity index (χ4v) is 5.47. The summed E-state index contributed by atoms with van der Waals surface area (Å²) in [6.07, 6.45) is 1.33. The summed E-state index contributed by atoms with van der Waals surface area (Å²) in [5.41, 5.74) is 2.35. The van der Waals surface area contributed by atoms with E-state index in [2.05, 4.69) is 38.2 Å². The van der Waals surface area contributed by atoms with Gasteiger partial charge in [-0.3, -0.25) is 4.79 Å². The van der Waals surface area contributed by atoms with Crippen LogP contribution in [0.4, 0.5) is 0 Å². The van der Waals surface area contributed by atoms with Crippen molar-refractivity contribution in [1.82, 2.24) is 9.62 Å². The van der Waals surface area contributed by atoms with E-state index in [1.807, 2.05) is 19.1 Å². The van der Waals surface area contributed by atoms with Gasteiger partial charge in [0, 0.05) is 18.1 Å². The summed E-state index contributed by atoms with van der Waals surface area (Å²) >= 11 is 5.88. The summed E-state index contributed by atoms with van der Waals surface area (Å²) < 4.78 is 27.4. The van der Waals surface area contributed by atoms with E-state index in [4.69, 9.17) is 11.6 Å². The van der Waals surface area contributed by atoms with Crippen molar-refractivity contribution in [2.75, 3.05) is 13.1 Å². The van der Waals surface area contributed by atoms with Crippen LogP contribution in [0, 0.1) is 5.92 Å². The van der Waals surface area contributed by atoms with Gasteiger partial charge in [0.25, 0.3) is 0 Å². The van der Waals surface area contributed by atoms with Crippen molar-refractivity contribution < 1.29 is 13.2 Å². The lowest BCUT2D eigenvalue weighted by atomic mass is 9.86. The van der Waals surface area contributed by atoms with Crippen LogP contribution in [0.3, 0.4) is 0 Å². The van der Waals surface area contributed by atoms with Crippen molar-refractivity contribution in [3.8, 4) is 0 Å². The zero-order valence-corrected chi connectivity index (χ0v) is 20.1. The highest BCUT2D eigenvalue weighted by molar-refractivity contribution is 7.89. The summed E-state index contributed by atoms with van der Waals surface area (Å²) in [4.78, 5) is 13.1. The highest BCUT2D eigenvalue weighted by Crippen LogP contribution is 2.27. The van der Waals surface area contributed by atoms with E-state index < -0.39 is 10.0 Å². The van der Waals surface area contributed by atoms with Crippen LogP contribution in [0.1, 0.15) is 57.7 Å². The molecule has 0 saturated carbocycles. The zero-order chi connectivity index (χ0) is 22.8. The normalized spacial score (nSPS) is 19.1. The molecule has 0 bridgehead atoms. The van der Waals surface area contributed by atoms with E-state index in [-0.39, 0.29) is 34.7 Å². The van der Waals surface area contributed by atoms with Crippen molar-refractivity contribution in [1.29, 1.82) is 0 Å². The molecular weight excluding hydrogens is 432 g/mol. The Hall–Kier alpha value is -1.89. The lowest BCUT2D eigenvalue weighted by Crippen LogP contribution is -2.45. The van der Waals surface area contributed by atoms with Gasteiger partial charge in [-0.05, 0) is 60.6 Å². The Labute approximate surface area is 190 Å². The van der Waals surface area contributed by atoms with E-state index in [1.54, 1.807) is 12.1 Å². The SMILES string of the molecule is C[C@H](NC(=O)[C@H]1CCCN(S(=O)(=O)c2ccc(Cl)cc2)C1)c1ccc(C(C)(C)C)cc1. The predicted molar refractivity (Wildman–Crippen MR) is 125 cm³/mol. The minimum absolute atomic E-state index is 0.0755. The number of hydrogen-bond donors (Lipinski definition) is 1. The van der Waals surface area contributed by atoms with Gasteiger partial charge in [-0.25, -0.2) is 8.42 Å². The van der Waals surface area contributed by atoms with Gasteiger partial charge in [0.15, 0.2) is 0 Å². The van der Waals surface area contributed by atoms with Gasteiger partial charge in [-0.1, -0.05) is 56.6 Å². The fourth-order valence-electron chi connectivity index (χ4n) is 3.82. The van der Waals surface area contributed by atoms with Crippen LogP contribution in [0.15, 0.2) is 53.4 Å². The predicted octanol–water partition coefficient (Wildman–Crippen LogP) is 4.92. The lowest BCUT2D eigenvalue weighted by Gasteiger charge is -2.32. The summed E-state index contributed by atoms with van der Waals surface area (Å²) in [6.45, 7) is 9.06. The minimum Gasteiger partial charge on any atom is -0.349 e. The Morgan fingerprint density at radius 2 is 1.71 bits per heavy atom. The molecule has 2 aromatic carbocycles. The van der Waals surface area contributed by atoms with E-state index in [0.29, 0.717) is 24.4 Å². The third-order valence-electron chi connectivity index (χ3n) is 5.84. The molecule has 2 atom stereocenters. The van der Waals surface area contributed by atoms with E-state index >= 15 is 0 Å². The molecule has 1 fully saturated rings. The Morgan fingerprint density at radius 1 is 1.10 bits per heavy atom. The average Bonchev–Trinajstić information content (AvgIpc) is 2.73. The second-order valence-electron chi connectivity index (χ2n) is 9.26. The molecule has 0 aromatic heterocycles. The molecule has 0 spiro atoms.